The van der Waals surface area contributed by atoms with Crippen LogP contribution in [0.5, 0.6) is 0 Å². The van der Waals surface area contributed by atoms with Crippen LogP contribution in [0.15, 0.2) is 36.4 Å². The standard InChI is InChI=1S/C23H32O2/c1-17-5-9-19(10-6-17)21-13-15-22(16-14-21)20-11-7-18(8-12-20)3-2-4-23(24)25/h2-3,5-6,9-10,18,20-22H,4,7-8,11-16H2,1H3,(H,24,25)/t18-,20-,21-,22-. The van der Waals surface area contributed by atoms with Gasteiger partial charge in [0.2, 0.25) is 0 Å². The van der Waals surface area contributed by atoms with Crippen LogP contribution < -0.4 is 0 Å². The van der Waals surface area contributed by atoms with E-state index in [-0.39, 0.29) is 6.42 Å². The first kappa shape index (κ1) is 18.2. The Morgan fingerprint density at radius 2 is 1.52 bits per heavy atom. The quantitative estimate of drug-likeness (QED) is 0.657. The molecule has 0 saturated heterocycles. The topological polar surface area (TPSA) is 37.3 Å². The van der Waals surface area contributed by atoms with Gasteiger partial charge >= 0.3 is 5.97 Å². The summed E-state index contributed by atoms with van der Waals surface area (Å²) in [6, 6.07) is 9.16. The van der Waals surface area contributed by atoms with Gasteiger partial charge in [-0.05, 0) is 87.5 Å². The minimum Gasteiger partial charge on any atom is -0.481 e. The Morgan fingerprint density at radius 1 is 0.960 bits per heavy atom. The minimum atomic E-state index is -0.727. The summed E-state index contributed by atoms with van der Waals surface area (Å²) in [4.78, 5) is 10.6. The third kappa shape index (κ3) is 5.20. The number of aryl methyl sites for hydroxylation is 1. The zero-order valence-electron chi connectivity index (χ0n) is 15.5. The first-order valence-corrected chi connectivity index (χ1v) is 10.1. The average molecular weight is 341 g/mol. The van der Waals surface area contributed by atoms with E-state index in [9.17, 15) is 4.79 Å². The number of carbonyl (C=O) groups is 1. The maximum absolute atomic E-state index is 10.6. The molecule has 0 amide bonds. The lowest BCUT2D eigenvalue weighted by molar-refractivity contribution is -0.136. The van der Waals surface area contributed by atoms with E-state index >= 15 is 0 Å². The molecule has 136 valence electrons. The zero-order valence-corrected chi connectivity index (χ0v) is 15.5. The Bertz CT molecular complexity index is 571. The van der Waals surface area contributed by atoms with Gasteiger partial charge in [-0.15, -0.1) is 0 Å². The van der Waals surface area contributed by atoms with Crippen LogP contribution in [0, 0.1) is 24.7 Å². The summed E-state index contributed by atoms with van der Waals surface area (Å²) in [5, 5.41) is 8.72. The second-order valence-electron chi connectivity index (χ2n) is 8.22. The number of benzene rings is 1. The molecule has 0 unspecified atom stereocenters. The fourth-order valence-corrected chi connectivity index (χ4v) is 4.93. The molecular formula is C23H32O2. The maximum Gasteiger partial charge on any atom is 0.307 e. The van der Waals surface area contributed by atoms with Gasteiger partial charge in [-0.2, -0.15) is 0 Å². The van der Waals surface area contributed by atoms with Crippen LogP contribution in [0.4, 0.5) is 0 Å². The van der Waals surface area contributed by atoms with Gasteiger partial charge in [-0.3, -0.25) is 4.79 Å². The van der Waals surface area contributed by atoms with E-state index in [1.807, 2.05) is 6.08 Å². The van der Waals surface area contributed by atoms with Crippen molar-refractivity contribution in [2.24, 2.45) is 17.8 Å². The van der Waals surface area contributed by atoms with Crippen LogP contribution in [-0.4, -0.2) is 11.1 Å². The molecule has 25 heavy (non-hydrogen) atoms. The highest BCUT2D eigenvalue weighted by atomic mass is 16.4. The number of carboxylic acids is 1. The smallest absolute Gasteiger partial charge is 0.307 e. The fraction of sp³-hybridized carbons (Fsp3) is 0.609. The highest BCUT2D eigenvalue weighted by Crippen LogP contribution is 2.44. The Labute approximate surface area is 152 Å². The Kier molecular flexibility index (Phi) is 6.34. The summed E-state index contributed by atoms with van der Waals surface area (Å²) in [7, 11) is 0. The van der Waals surface area contributed by atoms with Crippen molar-refractivity contribution in [3.05, 3.63) is 47.5 Å². The predicted octanol–water partition coefficient (Wildman–Crippen LogP) is 6.11. The molecule has 2 fully saturated rings. The molecule has 0 heterocycles. The molecule has 2 heteroatoms. The molecule has 1 aromatic rings. The summed E-state index contributed by atoms with van der Waals surface area (Å²) < 4.78 is 0. The largest absolute Gasteiger partial charge is 0.481 e. The predicted molar refractivity (Wildman–Crippen MR) is 103 cm³/mol. The number of hydrogen-bond donors (Lipinski definition) is 1. The third-order valence-corrected chi connectivity index (χ3v) is 6.50. The number of allylic oxidation sites excluding steroid dienone is 1. The van der Waals surface area contributed by atoms with E-state index < -0.39 is 5.97 Å². The molecule has 0 spiro atoms. The highest BCUT2D eigenvalue weighted by Gasteiger charge is 2.30. The van der Waals surface area contributed by atoms with Crippen LogP contribution in [0.3, 0.4) is 0 Å². The molecule has 2 aliphatic rings. The Morgan fingerprint density at radius 3 is 2.08 bits per heavy atom. The molecule has 0 aromatic heterocycles. The van der Waals surface area contributed by atoms with Gasteiger partial charge in [0, 0.05) is 0 Å². The number of aliphatic carboxylic acids is 1. The summed E-state index contributed by atoms with van der Waals surface area (Å²) in [6.07, 6.45) is 14.8. The average Bonchev–Trinajstić information content (AvgIpc) is 2.63. The lowest BCUT2D eigenvalue weighted by Crippen LogP contribution is -2.25. The van der Waals surface area contributed by atoms with Crippen molar-refractivity contribution in [2.75, 3.05) is 0 Å². The normalized spacial score (nSPS) is 30.4. The molecule has 0 bridgehead atoms. The van der Waals surface area contributed by atoms with Gasteiger partial charge in [-0.25, -0.2) is 0 Å². The molecule has 2 nitrogen and oxygen atoms in total. The van der Waals surface area contributed by atoms with Gasteiger partial charge < -0.3 is 5.11 Å². The zero-order chi connectivity index (χ0) is 17.6. The summed E-state index contributed by atoms with van der Waals surface area (Å²) in [6.45, 7) is 2.16. The van der Waals surface area contributed by atoms with Crippen molar-refractivity contribution in [1.29, 1.82) is 0 Å². The number of carboxylic acid groups (broad SMARTS) is 1. The van der Waals surface area contributed by atoms with E-state index in [1.54, 1.807) is 0 Å². The summed E-state index contributed by atoms with van der Waals surface area (Å²) in [5.74, 6) is 2.48. The van der Waals surface area contributed by atoms with Crippen LogP contribution in [-0.2, 0) is 4.79 Å². The third-order valence-electron chi connectivity index (χ3n) is 6.50. The fourth-order valence-electron chi connectivity index (χ4n) is 4.93. The van der Waals surface area contributed by atoms with Gasteiger partial charge in [0.15, 0.2) is 0 Å². The molecule has 1 aromatic carbocycles. The van der Waals surface area contributed by atoms with Crippen molar-refractivity contribution >= 4 is 5.97 Å². The van der Waals surface area contributed by atoms with E-state index in [2.05, 4.69) is 37.3 Å². The van der Waals surface area contributed by atoms with E-state index in [1.165, 1.54) is 62.5 Å². The number of hydrogen-bond acceptors (Lipinski definition) is 1. The van der Waals surface area contributed by atoms with Crippen molar-refractivity contribution in [2.45, 2.75) is 70.6 Å². The van der Waals surface area contributed by atoms with Crippen LogP contribution in [0.25, 0.3) is 0 Å². The lowest BCUT2D eigenvalue weighted by atomic mass is 9.68. The second kappa shape index (κ2) is 8.69. The molecule has 0 radical (unpaired) electrons. The molecule has 3 rings (SSSR count). The van der Waals surface area contributed by atoms with E-state index in [0.29, 0.717) is 5.92 Å². The van der Waals surface area contributed by atoms with Crippen LogP contribution in [0.1, 0.15) is 74.8 Å². The minimum absolute atomic E-state index is 0.170. The van der Waals surface area contributed by atoms with Gasteiger partial charge in [0.05, 0.1) is 6.42 Å². The van der Waals surface area contributed by atoms with Gasteiger partial charge in [0.25, 0.3) is 0 Å². The van der Waals surface area contributed by atoms with Crippen LogP contribution >= 0.6 is 0 Å². The van der Waals surface area contributed by atoms with Crippen molar-refractivity contribution in [3.63, 3.8) is 0 Å². The molecular weight excluding hydrogens is 308 g/mol. The molecule has 0 atom stereocenters. The SMILES string of the molecule is Cc1ccc([C@H]2CC[C@H]([C@H]3CC[C@H](C=CCC(=O)O)CC3)CC2)cc1. The van der Waals surface area contributed by atoms with E-state index in [0.717, 1.165) is 17.8 Å². The van der Waals surface area contributed by atoms with Crippen molar-refractivity contribution in [3.8, 4) is 0 Å². The Balaban J connectivity index is 1.42. The number of rotatable bonds is 5. The second-order valence-corrected chi connectivity index (χ2v) is 8.22. The Hall–Kier alpha value is -1.57. The van der Waals surface area contributed by atoms with Crippen LogP contribution in [0.2, 0.25) is 0 Å². The summed E-state index contributed by atoms with van der Waals surface area (Å²) in [5.41, 5.74) is 2.89. The molecule has 2 saturated carbocycles. The maximum atomic E-state index is 10.6. The molecule has 1 N–H and O–H groups in total. The first-order valence-electron chi connectivity index (χ1n) is 10.1. The van der Waals surface area contributed by atoms with Crippen molar-refractivity contribution in [1.82, 2.24) is 0 Å². The molecule has 2 aliphatic carbocycles. The molecule has 0 aliphatic heterocycles. The monoisotopic (exact) mass is 340 g/mol. The first-order chi connectivity index (χ1) is 12.1. The summed E-state index contributed by atoms with van der Waals surface area (Å²) >= 11 is 0. The van der Waals surface area contributed by atoms with Crippen molar-refractivity contribution < 1.29 is 9.90 Å². The van der Waals surface area contributed by atoms with Gasteiger partial charge in [0.1, 0.15) is 0 Å². The van der Waals surface area contributed by atoms with Gasteiger partial charge in [-0.1, -0.05) is 42.0 Å². The highest BCUT2D eigenvalue weighted by molar-refractivity contribution is 5.68. The van der Waals surface area contributed by atoms with E-state index in [4.69, 9.17) is 5.11 Å². The lowest BCUT2D eigenvalue weighted by Gasteiger charge is -2.37.